The summed E-state index contributed by atoms with van der Waals surface area (Å²) >= 11 is 0. The molecule has 0 unspecified atom stereocenters. The molecule has 6 heteroatoms. The maximum absolute atomic E-state index is 11.6. The minimum absolute atomic E-state index is 0.0214. The van der Waals surface area contributed by atoms with Gasteiger partial charge in [0.15, 0.2) is 0 Å². The zero-order valence-electron chi connectivity index (χ0n) is 12.4. The molecule has 0 radical (unpaired) electrons. The van der Waals surface area contributed by atoms with Gasteiger partial charge in [-0.05, 0) is 33.8 Å². The van der Waals surface area contributed by atoms with Crippen molar-refractivity contribution in [2.75, 3.05) is 6.54 Å². The van der Waals surface area contributed by atoms with Crippen molar-refractivity contribution in [1.82, 2.24) is 10.6 Å². The van der Waals surface area contributed by atoms with E-state index in [9.17, 15) is 9.59 Å². The molecule has 1 heterocycles. The van der Waals surface area contributed by atoms with Crippen molar-refractivity contribution in [3.63, 3.8) is 0 Å². The Bertz CT molecular complexity index is 486. The topological polar surface area (TPSA) is 91.6 Å². The summed E-state index contributed by atoms with van der Waals surface area (Å²) in [5, 5.41) is 14.8. The van der Waals surface area contributed by atoms with E-state index < -0.39 is 5.97 Å². The Kier molecular flexibility index (Phi) is 5.33. The minimum Gasteiger partial charge on any atom is -0.478 e. The van der Waals surface area contributed by atoms with Gasteiger partial charge in [-0.3, -0.25) is 4.79 Å². The second kappa shape index (κ2) is 6.56. The summed E-state index contributed by atoms with van der Waals surface area (Å²) < 4.78 is 5.32. The molecule has 6 nitrogen and oxygen atoms in total. The molecule has 0 bridgehead atoms. The fraction of sp³-hybridized carbons (Fsp3) is 0.571. The molecular formula is C14H22N2O4. The van der Waals surface area contributed by atoms with E-state index in [2.05, 4.69) is 10.6 Å². The van der Waals surface area contributed by atoms with Crippen LogP contribution < -0.4 is 10.6 Å². The van der Waals surface area contributed by atoms with E-state index in [-0.39, 0.29) is 17.0 Å². The molecule has 1 amide bonds. The highest BCUT2D eigenvalue weighted by Crippen LogP contribution is 2.14. The number of nitrogens with one attached hydrogen (secondary N) is 2. The third-order valence-electron chi connectivity index (χ3n) is 2.54. The van der Waals surface area contributed by atoms with Crippen LogP contribution in [0.25, 0.3) is 0 Å². The summed E-state index contributed by atoms with van der Waals surface area (Å²) in [7, 11) is 0. The van der Waals surface area contributed by atoms with E-state index in [0.29, 0.717) is 31.0 Å². The number of aromatic carboxylic acids is 1. The molecule has 0 atom stereocenters. The molecule has 0 fully saturated rings. The van der Waals surface area contributed by atoms with E-state index in [4.69, 9.17) is 9.52 Å². The van der Waals surface area contributed by atoms with Crippen molar-refractivity contribution >= 4 is 11.9 Å². The lowest BCUT2D eigenvalue weighted by atomic mass is 10.1. The number of carbonyl (C=O) groups excluding carboxylic acids is 1. The monoisotopic (exact) mass is 282 g/mol. The van der Waals surface area contributed by atoms with Gasteiger partial charge in [-0.15, -0.1) is 0 Å². The van der Waals surface area contributed by atoms with Crippen LogP contribution in [0.1, 0.15) is 49.1 Å². The van der Waals surface area contributed by atoms with E-state index in [1.54, 1.807) is 6.92 Å². The van der Waals surface area contributed by atoms with Crippen molar-refractivity contribution in [2.24, 2.45) is 0 Å². The summed E-state index contributed by atoms with van der Waals surface area (Å²) in [5.74, 6) is -0.0789. The van der Waals surface area contributed by atoms with Gasteiger partial charge in [0.25, 0.3) is 0 Å². The lowest BCUT2D eigenvalue weighted by Crippen LogP contribution is -2.41. The Morgan fingerprint density at radius 2 is 2.00 bits per heavy atom. The Labute approximate surface area is 118 Å². The van der Waals surface area contributed by atoms with Crippen LogP contribution >= 0.6 is 0 Å². The van der Waals surface area contributed by atoms with Crippen molar-refractivity contribution in [3.05, 3.63) is 23.2 Å². The summed E-state index contributed by atoms with van der Waals surface area (Å²) in [5.41, 5.74) is -0.0572. The third kappa shape index (κ3) is 5.44. The Balaban J connectivity index is 2.33. The first kappa shape index (κ1) is 16.2. The molecule has 0 aliphatic rings. The van der Waals surface area contributed by atoms with Gasteiger partial charge in [-0.25, -0.2) is 4.79 Å². The van der Waals surface area contributed by atoms with Gasteiger partial charge in [-0.1, -0.05) is 0 Å². The molecule has 0 aliphatic carbocycles. The molecule has 112 valence electrons. The number of carboxylic acids is 1. The molecule has 0 spiro atoms. The molecule has 20 heavy (non-hydrogen) atoms. The van der Waals surface area contributed by atoms with Crippen LogP contribution in [0.5, 0.6) is 0 Å². The van der Waals surface area contributed by atoms with Gasteiger partial charge in [-0.2, -0.15) is 0 Å². The maximum atomic E-state index is 11.6. The summed E-state index contributed by atoms with van der Waals surface area (Å²) in [4.78, 5) is 22.4. The number of hydrogen-bond acceptors (Lipinski definition) is 4. The smallest absolute Gasteiger partial charge is 0.339 e. The van der Waals surface area contributed by atoms with E-state index in [0.717, 1.165) is 0 Å². The zero-order valence-corrected chi connectivity index (χ0v) is 12.4. The van der Waals surface area contributed by atoms with Gasteiger partial charge in [0.05, 0.1) is 6.54 Å². The predicted molar refractivity (Wildman–Crippen MR) is 74.6 cm³/mol. The van der Waals surface area contributed by atoms with E-state index in [1.165, 1.54) is 6.07 Å². The van der Waals surface area contributed by atoms with Crippen LogP contribution in [0.2, 0.25) is 0 Å². The van der Waals surface area contributed by atoms with Crippen LogP contribution in [0.15, 0.2) is 10.5 Å². The lowest BCUT2D eigenvalue weighted by Gasteiger charge is -2.20. The molecule has 0 aliphatic heterocycles. The van der Waals surface area contributed by atoms with Crippen LogP contribution in [-0.2, 0) is 11.3 Å². The first-order valence-corrected chi connectivity index (χ1v) is 6.53. The quantitative estimate of drug-likeness (QED) is 0.690. The highest BCUT2D eigenvalue weighted by Gasteiger charge is 2.14. The normalized spacial score (nSPS) is 11.4. The van der Waals surface area contributed by atoms with Crippen molar-refractivity contribution < 1.29 is 19.1 Å². The highest BCUT2D eigenvalue weighted by molar-refractivity contribution is 5.88. The second-order valence-corrected chi connectivity index (χ2v) is 5.71. The number of rotatable bonds is 6. The number of carboxylic acid groups (broad SMARTS) is 1. The summed E-state index contributed by atoms with van der Waals surface area (Å²) in [6.07, 6.45) is 0.364. The van der Waals surface area contributed by atoms with Crippen molar-refractivity contribution in [1.29, 1.82) is 0 Å². The SMILES string of the molecule is Cc1oc(CNCCC(=O)NC(C)(C)C)cc1C(=O)O. The predicted octanol–water partition coefficient (Wildman–Crippen LogP) is 1.68. The molecule has 1 aromatic rings. The highest BCUT2D eigenvalue weighted by atomic mass is 16.4. The maximum Gasteiger partial charge on any atom is 0.339 e. The standard InChI is InChI=1S/C14H22N2O4/c1-9-11(13(18)19)7-10(20-9)8-15-6-5-12(17)16-14(2,3)4/h7,15H,5-6,8H2,1-4H3,(H,16,17)(H,18,19). The average molecular weight is 282 g/mol. The van der Waals surface area contributed by atoms with Crippen molar-refractivity contribution in [3.8, 4) is 0 Å². The molecule has 3 N–H and O–H groups in total. The van der Waals surface area contributed by atoms with Gasteiger partial charge in [0.2, 0.25) is 5.91 Å². The first-order valence-electron chi connectivity index (χ1n) is 6.53. The third-order valence-corrected chi connectivity index (χ3v) is 2.54. The Hall–Kier alpha value is -1.82. The number of carbonyl (C=O) groups is 2. The molecule has 0 aromatic carbocycles. The van der Waals surface area contributed by atoms with E-state index >= 15 is 0 Å². The summed E-state index contributed by atoms with van der Waals surface area (Å²) in [6.45, 7) is 8.30. The Morgan fingerprint density at radius 3 is 2.50 bits per heavy atom. The van der Waals surface area contributed by atoms with E-state index in [1.807, 2.05) is 20.8 Å². The van der Waals surface area contributed by atoms with Crippen LogP contribution in [0.3, 0.4) is 0 Å². The lowest BCUT2D eigenvalue weighted by molar-refractivity contribution is -0.122. The van der Waals surface area contributed by atoms with Gasteiger partial charge >= 0.3 is 5.97 Å². The van der Waals surface area contributed by atoms with Crippen LogP contribution in [-0.4, -0.2) is 29.1 Å². The average Bonchev–Trinajstić information content (AvgIpc) is 2.64. The number of amides is 1. The van der Waals surface area contributed by atoms with Crippen molar-refractivity contribution in [2.45, 2.75) is 46.2 Å². The van der Waals surface area contributed by atoms with Crippen LogP contribution in [0, 0.1) is 6.92 Å². The first-order chi connectivity index (χ1) is 9.19. The van der Waals surface area contributed by atoms with Gasteiger partial charge in [0, 0.05) is 18.5 Å². The fourth-order valence-electron chi connectivity index (χ4n) is 1.74. The largest absolute Gasteiger partial charge is 0.478 e. The molecule has 1 rings (SSSR count). The van der Waals surface area contributed by atoms with Crippen LogP contribution in [0.4, 0.5) is 0 Å². The zero-order chi connectivity index (χ0) is 15.3. The number of aryl methyl sites for hydroxylation is 1. The molecular weight excluding hydrogens is 260 g/mol. The van der Waals surface area contributed by atoms with Gasteiger partial charge in [0.1, 0.15) is 17.1 Å². The molecule has 1 aromatic heterocycles. The summed E-state index contributed by atoms with van der Waals surface area (Å²) in [6, 6.07) is 1.50. The fourth-order valence-corrected chi connectivity index (χ4v) is 1.74. The molecule has 0 saturated carbocycles. The minimum atomic E-state index is -0.998. The number of furan rings is 1. The number of hydrogen-bond donors (Lipinski definition) is 3. The molecule has 0 saturated heterocycles. The Morgan fingerprint density at radius 1 is 1.35 bits per heavy atom. The second-order valence-electron chi connectivity index (χ2n) is 5.71. The van der Waals surface area contributed by atoms with Gasteiger partial charge < -0.3 is 20.2 Å².